The summed E-state index contributed by atoms with van der Waals surface area (Å²) in [4.78, 5) is 3.06. The number of H-pyrrole nitrogens is 1. The fourth-order valence-corrected chi connectivity index (χ4v) is 5.50. The molecule has 1 aliphatic heterocycles. The van der Waals surface area contributed by atoms with E-state index in [9.17, 15) is 21.6 Å². The Morgan fingerprint density at radius 1 is 1.07 bits per heavy atom. The first-order valence-corrected chi connectivity index (χ1v) is 10.4. The smallest absolute Gasteiger partial charge is 0.277 e. The molecular weight excluding hydrogens is 405 g/mol. The van der Waals surface area contributed by atoms with Crippen LogP contribution in [0.1, 0.15) is 30.1 Å². The molecule has 2 aromatic heterocycles. The number of anilines is 1. The summed E-state index contributed by atoms with van der Waals surface area (Å²) >= 11 is 0. The number of alkyl halides is 3. The largest absolute Gasteiger partial charge is 0.433 e. The van der Waals surface area contributed by atoms with Gasteiger partial charge < -0.3 is 0 Å². The normalized spacial score (nSPS) is 19.0. The maximum absolute atomic E-state index is 13.6. The van der Waals surface area contributed by atoms with Gasteiger partial charge >= 0.3 is 6.18 Å². The quantitative estimate of drug-likeness (QED) is 0.690. The van der Waals surface area contributed by atoms with E-state index in [2.05, 4.69) is 15.2 Å². The molecule has 5 rings (SSSR count). The zero-order chi connectivity index (χ0) is 20.4. The Morgan fingerprint density at radius 2 is 1.83 bits per heavy atom. The number of nitrogens with zero attached hydrogens (tertiary/aromatic N) is 3. The molecule has 1 aliphatic carbocycles. The number of hydrogen-bond acceptors (Lipinski definition) is 4. The van der Waals surface area contributed by atoms with Crippen molar-refractivity contribution >= 4 is 15.7 Å². The van der Waals surface area contributed by atoms with Gasteiger partial charge in [-0.2, -0.15) is 18.3 Å². The van der Waals surface area contributed by atoms with Gasteiger partial charge in [0.15, 0.2) is 0 Å². The van der Waals surface area contributed by atoms with Crippen LogP contribution >= 0.6 is 0 Å². The monoisotopic (exact) mass is 420 g/mol. The van der Waals surface area contributed by atoms with E-state index in [1.807, 2.05) is 0 Å². The van der Waals surface area contributed by atoms with Crippen LogP contribution < -0.4 is 4.31 Å². The van der Waals surface area contributed by atoms with Crippen LogP contribution in [0.5, 0.6) is 0 Å². The summed E-state index contributed by atoms with van der Waals surface area (Å²) in [6.45, 7) is 0. The van der Waals surface area contributed by atoms with Crippen molar-refractivity contribution in [3.63, 3.8) is 0 Å². The predicted molar refractivity (Wildman–Crippen MR) is 98.4 cm³/mol. The van der Waals surface area contributed by atoms with Gasteiger partial charge in [0.1, 0.15) is 10.6 Å². The second-order valence-corrected chi connectivity index (χ2v) is 8.99. The van der Waals surface area contributed by atoms with Gasteiger partial charge in [-0.3, -0.25) is 14.4 Å². The lowest BCUT2D eigenvalue weighted by atomic mass is 9.93. The van der Waals surface area contributed by atoms with E-state index in [1.165, 1.54) is 4.31 Å². The third kappa shape index (κ3) is 2.81. The molecule has 0 bridgehead atoms. The molecule has 6 nitrogen and oxygen atoms in total. The van der Waals surface area contributed by atoms with Crippen LogP contribution in [0.25, 0.3) is 11.3 Å². The van der Waals surface area contributed by atoms with E-state index in [0.29, 0.717) is 17.3 Å². The van der Waals surface area contributed by atoms with Gasteiger partial charge in [-0.05, 0) is 37.0 Å². The molecule has 1 saturated carbocycles. The molecule has 1 unspecified atom stereocenters. The van der Waals surface area contributed by atoms with Crippen LogP contribution in [0, 0.1) is 5.92 Å². The third-order valence-corrected chi connectivity index (χ3v) is 7.08. The Bertz CT molecular complexity index is 1180. The number of aromatic nitrogens is 3. The Labute approximate surface area is 164 Å². The van der Waals surface area contributed by atoms with Crippen molar-refractivity contribution in [3.05, 3.63) is 60.0 Å². The Hall–Kier alpha value is -2.88. The number of halogens is 3. The number of hydrogen-bond donors (Lipinski definition) is 1. The minimum absolute atomic E-state index is 0.122. The highest BCUT2D eigenvalue weighted by molar-refractivity contribution is 7.92. The van der Waals surface area contributed by atoms with Gasteiger partial charge in [0, 0.05) is 17.3 Å². The van der Waals surface area contributed by atoms with Crippen molar-refractivity contribution in [2.75, 3.05) is 4.31 Å². The average Bonchev–Trinajstić information content (AvgIpc) is 3.41. The third-order valence-electron chi connectivity index (χ3n) is 5.30. The summed E-state index contributed by atoms with van der Waals surface area (Å²) in [7, 11) is -4.15. The maximum atomic E-state index is 13.6. The van der Waals surface area contributed by atoms with Crippen LogP contribution in [0.15, 0.2) is 53.7 Å². The zero-order valence-corrected chi connectivity index (χ0v) is 15.7. The van der Waals surface area contributed by atoms with E-state index in [0.717, 1.165) is 36.4 Å². The molecule has 2 aliphatic rings. The summed E-state index contributed by atoms with van der Waals surface area (Å²) in [5.74, 6) is 0.122. The van der Waals surface area contributed by atoms with Crippen molar-refractivity contribution in [1.29, 1.82) is 0 Å². The first-order valence-electron chi connectivity index (χ1n) is 8.99. The van der Waals surface area contributed by atoms with Gasteiger partial charge in [0.2, 0.25) is 0 Å². The fourth-order valence-electron chi connectivity index (χ4n) is 3.84. The summed E-state index contributed by atoms with van der Waals surface area (Å²) < 4.78 is 67.0. The van der Waals surface area contributed by atoms with Gasteiger partial charge in [-0.15, -0.1) is 0 Å². The highest BCUT2D eigenvalue weighted by Crippen LogP contribution is 2.54. The van der Waals surface area contributed by atoms with Gasteiger partial charge in [-0.1, -0.05) is 18.2 Å². The molecule has 150 valence electrons. The van der Waals surface area contributed by atoms with E-state index in [1.54, 1.807) is 30.5 Å². The van der Waals surface area contributed by atoms with Gasteiger partial charge in [0.25, 0.3) is 10.0 Å². The Morgan fingerprint density at radius 3 is 2.48 bits per heavy atom. The molecule has 0 amide bonds. The zero-order valence-electron chi connectivity index (χ0n) is 14.9. The Balaban J connectivity index is 1.67. The molecule has 3 aromatic rings. The molecule has 1 aromatic carbocycles. The molecule has 10 heteroatoms. The molecule has 3 heterocycles. The molecule has 0 radical (unpaired) electrons. The van der Waals surface area contributed by atoms with Gasteiger partial charge in [0.05, 0.1) is 23.6 Å². The SMILES string of the molecule is O=S(=O)(c1ccc(C(F)(F)F)nc1)N1c2ccccc2-c2[nH]ncc2C1C1CC1. The number of rotatable bonds is 3. The highest BCUT2D eigenvalue weighted by Gasteiger charge is 2.47. The van der Waals surface area contributed by atoms with E-state index < -0.39 is 27.9 Å². The molecule has 29 heavy (non-hydrogen) atoms. The van der Waals surface area contributed by atoms with Crippen LogP contribution in [0.4, 0.5) is 18.9 Å². The summed E-state index contributed by atoms with van der Waals surface area (Å²) in [6, 6.07) is 8.21. The molecular formula is C19H15F3N4O2S. The van der Waals surface area contributed by atoms with Crippen LogP contribution in [-0.2, 0) is 16.2 Å². The molecule has 1 atom stereocenters. The Kier molecular flexibility index (Phi) is 3.79. The molecule has 1 N–H and O–H groups in total. The summed E-state index contributed by atoms with van der Waals surface area (Å²) in [5.41, 5.74) is 1.57. The number of para-hydroxylation sites is 1. The first kappa shape index (κ1) is 18.2. The van der Waals surface area contributed by atoms with E-state index in [-0.39, 0.29) is 10.8 Å². The van der Waals surface area contributed by atoms with Crippen molar-refractivity contribution in [1.82, 2.24) is 15.2 Å². The van der Waals surface area contributed by atoms with Crippen LogP contribution in [0.2, 0.25) is 0 Å². The fraction of sp³-hybridized carbons (Fsp3) is 0.263. The van der Waals surface area contributed by atoms with Crippen molar-refractivity contribution in [2.45, 2.75) is 30.0 Å². The van der Waals surface area contributed by atoms with Gasteiger partial charge in [-0.25, -0.2) is 8.42 Å². The van der Waals surface area contributed by atoms with Crippen molar-refractivity contribution in [3.8, 4) is 11.3 Å². The number of aromatic amines is 1. The highest BCUT2D eigenvalue weighted by atomic mass is 32.2. The van der Waals surface area contributed by atoms with Crippen molar-refractivity contribution in [2.24, 2.45) is 5.92 Å². The standard InChI is InChI=1S/C19H15F3N4O2S/c20-19(21,22)16-8-7-12(9-23-16)29(27,28)26-15-4-2-1-3-13(15)17-14(10-24-25-17)18(26)11-5-6-11/h1-4,7-11,18H,5-6H2,(H,24,25). The first-order chi connectivity index (χ1) is 13.8. The summed E-state index contributed by atoms with van der Waals surface area (Å²) in [6.07, 6.45) is -0.497. The van der Waals surface area contributed by atoms with E-state index >= 15 is 0 Å². The van der Waals surface area contributed by atoms with Crippen LogP contribution in [-0.4, -0.2) is 23.6 Å². The lowest BCUT2D eigenvalue weighted by Gasteiger charge is -2.37. The topological polar surface area (TPSA) is 79.0 Å². The van der Waals surface area contributed by atoms with E-state index in [4.69, 9.17) is 0 Å². The lowest BCUT2D eigenvalue weighted by molar-refractivity contribution is -0.141. The summed E-state index contributed by atoms with van der Waals surface area (Å²) in [5, 5.41) is 7.06. The number of benzene rings is 1. The predicted octanol–water partition coefficient (Wildman–Crippen LogP) is 4.15. The van der Waals surface area contributed by atoms with Crippen molar-refractivity contribution < 1.29 is 21.6 Å². The molecule has 1 fully saturated rings. The molecule has 0 spiro atoms. The van der Waals surface area contributed by atoms with Crippen LogP contribution in [0.3, 0.4) is 0 Å². The number of nitrogens with one attached hydrogen (secondary N) is 1. The average molecular weight is 420 g/mol. The molecule has 0 saturated heterocycles. The number of sulfonamides is 1. The minimum Gasteiger partial charge on any atom is -0.277 e. The maximum Gasteiger partial charge on any atom is 0.433 e. The number of fused-ring (bicyclic) bond motifs is 3. The lowest BCUT2D eigenvalue weighted by Crippen LogP contribution is -2.38. The second-order valence-electron chi connectivity index (χ2n) is 7.18. The second kappa shape index (κ2) is 6.06. The minimum atomic E-state index is -4.64. The number of pyridine rings is 1.